The van der Waals surface area contributed by atoms with Crippen LogP contribution in [0, 0.1) is 5.82 Å². The summed E-state index contributed by atoms with van der Waals surface area (Å²) in [7, 11) is 0. The van der Waals surface area contributed by atoms with Crippen molar-refractivity contribution in [3.05, 3.63) is 35.1 Å². The van der Waals surface area contributed by atoms with Crippen molar-refractivity contribution in [2.45, 2.75) is 12.7 Å². The van der Waals surface area contributed by atoms with Crippen molar-refractivity contribution in [3.8, 4) is 0 Å². The summed E-state index contributed by atoms with van der Waals surface area (Å²) in [6.07, 6.45) is -4.65. The molecular weight excluding hydrogens is 318 g/mol. The van der Waals surface area contributed by atoms with Gasteiger partial charge in [-0.05, 0) is 28.1 Å². The highest BCUT2D eigenvalue weighted by Crippen LogP contribution is 2.33. The van der Waals surface area contributed by atoms with Gasteiger partial charge in [-0.3, -0.25) is 0 Å². The minimum Gasteiger partial charge on any atom is -0.378 e. The van der Waals surface area contributed by atoms with Crippen LogP contribution in [-0.4, -0.2) is 46.5 Å². The molecule has 2 heterocycles. The summed E-state index contributed by atoms with van der Waals surface area (Å²) in [5, 5.41) is 11.1. The molecule has 0 atom stereocenters. The average molecular weight is 331 g/mol. The summed E-state index contributed by atoms with van der Waals surface area (Å²) in [5.41, 5.74) is -1.12. The molecule has 2 aromatic rings. The van der Waals surface area contributed by atoms with E-state index in [1.807, 2.05) is 4.90 Å². The fourth-order valence-electron chi connectivity index (χ4n) is 2.40. The van der Waals surface area contributed by atoms with E-state index in [1.54, 1.807) is 0 Å². The van der Waals surface area contributed by atoms with Gasteiger partial charge in [-0.2, -0.15) is 13.2 Å². The number of ether oxygens (including phenoxy) is 1. The molecule has 23 heavy (non-hydrogen) atoms. The molecule has 124 valence electrons. The number of hydrogen-bond acceptors (Lipinski definition) is 5. The van der Waals surface area contributed by atoms with Crippen LogP contribution >= 0.6 is 0 Å². The maximum atomic E-state index is 13.2. The van der Waals surface area contributed by atoms with Gasteiger partial charge in [0.1, 0.15) is 5.82 Å². The zero-order valence-electron chi connectivity index (χ0n) is 11.9. The van der Waals surface area contributed by atoms with Crippen molar-refractivity contribution in [2.75, 3.05) is 31.2 Å². The molecule has 1 fully saturated rings. The molecule has 0 N–H and O–H groups in total. The van der Waals surface area contributed by atoms with E-state index in [-0.39, 0.29) is 12.1 Å². The predicted octanol–water partition coefficient (Wildman–Crippen LogP) is 1.72. The van der Waals surface area contributed by atoms with Gasteiger partial charge in [-0.1, -0.05) is 11.2 Å². The second kappa shape index (κ2) is 6.11. The summed E-state index contributed by atoms with van der Waals surface area (Å²) in [6, 6.07) is 2.57. The van der Waals surface area contributed by atoms with Gasteiger partial charge in [0.05, 0.1) is 25.3 Å². The number of rotatable bonds is 3. The standard InChI is InChI=1S/C13H13F4N5O/c14-10-2-1-9(11(7-10)13(15,16)17)8-22-12(18-19-20-22)21-3-5-23-6-4-21/h1-2,7H,3-6,8H2. The van der Waals surface area contributed by atoms with Crippen LogP contribution < -0.4 is 4.90 Å². The molecule has 3 rings (SSSR count). The molecule has 0 saturated carbocycles. The van der Waals surface area contributed by atoms with E-state index in [1.165, 1.54) is 4.68 Å². The van der Waals surface area contributed by atoms with Gasteiger partial charge in [0.2, 0.25) is 5.95 Å². The number of benzene rings is 1. The molecule has 0 bridgehead atoms. The molecule has 1 saturated heterocycles. The number of morpholine rings is 1. The second-order valence-corrected chi connectivity index (χ2v) is 5.04. The number of anilines is 1. The second-order valence-electron chi connectivity index (χ2n) is 5.04. The first-order chi connectivity index (χ1) is 10.9. The highest BCUT2D eigenvalue weighted by atomic mass is 19.4. The van der Waals surface area contributed by atoms with E-state index < -0.39 is 17.6 Å². The smallest absolute Gasteiger partial charge is 0.378 e. The van der Waals surface area contributed by atoms with Crippen molar-refractivity contribution in [1.82, 2.24) is 20.2 Å². The summed E-state index contributed by atoms with van der Waals surface area (Å²) in [5.74, 6) is -0.572. The van der Waals surface area contributed by atoms with Crippen molar-refractivity contribution in [3.63, 3.8) is 0 Å². The predicted molar refractivity (Wildman–Crippen MR) is 71.4 cm³/mol. The highest BCUT2D eigenvalue weighted by Gasteiger charge is 2.34. The molecule has 1 aliphatic heterocycles. The maximum absolute atomic E-state index is 13.2. The normalized spacial score (nSPS) is 15.9. The molecule has 0 amide bonds. The van der Waals surface area contributed by atoms with Gasteiger partial charge in [0.25, 0.3) is 0 Å². The Kier molecular flexibility index (Phi) is 4.16. The molecule has 10 heteroatoms. The summed E-state index contributed by atoms with van der Waals surface area (Å²) >= 11 is 0. The third-order valence-corrected chi connectivity index (χ3v) is 3.50. The monoisotopic (exact) mass is 331 g/mol. The number of alkyl halides is 3. The molecular formula is C13H13F4N5O. The third-order valence-electron chi connectivity index (χ3n) is 3.50. The van der Waals surface area contributed by atoms with E-state index in [0.717, 1.165) is 12.1 Å². The van der Waals surface area contributed by atoms with Crippen LogP contribution in [0.5, 0.6) is 0 Å². The zero-order chi connectivity index (χ0) is 16.4. The molecule has 0 unspecified atom stereocenters. The Labute approximate surface area is 128 Å². The largest absolute Gasteiger partial charge is 0.416 e. The van der Waals surface area contributed by atoms with Crippen LogP contribution in [0.3, 0.4) is 0 Å². The van der Waals surface area contributed by atoms with E-state index in [2.05, 4.69) is 15.5 Å². The molecule has 0 radical (unpaired) electrons. The summed E-state index contributed by atoms with van der Waals surface area (Å²) in [4.78, 5) is 1.83. The zero-order valence-corrected chi connectivity index (χ0v) is 11.9. The van der Waals surface area contributed by atoms with Crippen molar-refractivity contribution in [2.24, 2.45) is 0 Å². The Morgan fingerprint density at radius 3 is 2.61 bits per heavy atom. The van der Waals surface area contributed by atoms with Crippen molar-refractivity contribution in [1.29, 1.82) is 0 Å². The summed E-state index contributed by atoms with van der Waals surface area (Å²) in [6.45, 7) is 1.90. The van der Waals surface area contributed by atoms with Crippen molar-refractivity contribution < 1.29 is 22.3 Å². The van der Waals surface area contributed by atoms with E-state index >= 15 is 0 Å². The van der Waals surface area contributed by atoms with Gasteiger partial charge in [-0.15, -0.1) is 0 Å². The molecule has 1 aromatic heterocycles. The maximum Gasteiger partial charge on any atom is 0.416 e. The number of aromatic nitrogens is 4. The van der Waals surface area contributed by atoms with Gasteiger partial charge in [0, 0.05) is 13.1 Å². The molecule has 0 aliphatic carbocycles. The lowest BCUT2D eigenvalue weighted by molar-refractivity contribution is -0.138. The Morgan fingerprint density at radius 2 is 1.91 bits per heavy atom. The van der Waals surface area contributed by atoms with Gasteiger partial charge < -0.3 is 9.64 Å². The first-order valence-corrected chi connectivity index (χ1v) is 6.89. The van der Waals surface area contributed by atoms with Crippen LogP contribution in [0.2, 0.25) is 0 Å². The Hall–Kier alpha value is -2.23. The fraction of sp³-hybridized carbons (Fsp3) is 0.462. The van der Waals surface area contributed by atoms with Crippen LogP contribution in [0.25, 0.3) is 0 Å². The number of nitrogens with zero attached hydrogens (tertiary/aromatic N) is 5. The molecule has 1 aliphatic rings. The lowest BCUT2D eigenvalue weighted by atomic mass is 10.1. The third kappa shape index (κ3) is 3.41. The molecule has 1 aromatic carbocycles. The Bertz CT molecular complexity index is 681. The lowest BCUT2D eigenvalue weighted by Gasteiger charge is -2.27. The van der Waals surface area contributed by atoms with Gasteiger partial charge in [-0.25, -0.2) is 9.07 Å². The first kappa shape index (κ1) is 15.7. The van der Waals surface area contributed by atoms with Gasteiger partial charge in [0.15, 0.2) is 0 Å². The average Bonchev–Trinajstić information content (AvgIpc) is 2.97. The van der Waals surface area contributed by atoms with Crippen LogP contribution in [0.4, 0.5) is 23.5 Å². The summed E-state index contributed by atoms with van der Waals surface area (Å²) < 4.78 is 58.8. The van der Waals surface area contributed by atoms with Crippen molar-refractivity contribution >= 4 is 5.95 Å². The fourth-order valence-corrected chi connectivity index (χ4v) is 2.40. The number of halogens is 4. The first-order valence-electron chi connectivity index (χ1n) is 6.89. The highest BCUT2D eigenvalue weighted by molar-refractivity contribution is 5.34. The number of hydrogen-bond donors (Lipinski definition) is 0. The van der Waals surface area contributed by atoms with E-state index in [0.29, 0.717) is 38.3 Å². The van der Waals surface area contributed by atoms with E-state index in [4.69, 9.17) is 4.74 Å². The van der Waals surface area contributed by atoms with Gasteiger partial charge >= 0.3 is 6.18 Å². The number of tetrazole rings is 1. The Morgan fingerprint density at radius 1 is 1.17 bits per heavy atom. The SMILES string of the molecule is Fc1ccc(Cn2nnnc2N2CCOCC2)c(C(F)(F)F)c1. The minimum absolute atomic E-state index is 0.0966. The van der Waals surface area contributed by atoms with Crippen LogP contribution in [0.15, 0.2) is 18.2 Å². The van der Waals surface area contributed by atoms with E-state index in [9.17, 15) is 17.6 Å². The Balaban J connectivity index is 1.90. The molecule has 6 nitrogen and oxygen atoms in total. The topological polar surface area (TPSA) is 56.1 Å². The minimum atomic E-state index is -4.65. The molecule has 0 spiro atoms. The van der Waals surface area contributed by atoms with Crippen LogP contribution in [-0.2, 0) is 17.5 Å². The van der Waals surface area contributed by atoms with Crippen LogP contribution in [0.1, 0.15) is 11.1 Å². The lowest BCUT2D eigenvalue weighted by Crippen LogP contribution is -2.38. The quantitative estimate of drug-likeness (QED) is 0.802.